The monoisotopic (exact) mass is 268 g/mol. The minimum absolute atomic E-state index is 0.441. The molecule has 2 heterocycles. The lowest BCUT2D eigenvalue weighted by atomic mass is 10.2. The lowest BCUT2D eigenvalue weighted by Gasteiger charge is -2.07. The summed E-state index contributed by atoms with van der Waals surface area (Å²) in [6.45, 7) is 0. The van der Waals surface area contributed by atoms with Crippen molar-refractivity contribution in [2.24, 2.45) is 0 Å². The Hall–Kier alpha value is -1.56. The maximum Gasteiger partial charge on any atom is 0.147 e. The van der Waals surface area contributed by atoms with E-state index in [1.165, 1.54) is 0 Å². The molecule has 15 heavy (non-hydrogen) atoms. The van der Waals surface area contributed by atoms with E-state index in [9.17, 15) is 0 Å². The molecular weight excluding hydrogens is 260 g/mol. The number of nitrogen functional groups attached to an aromatic ring is 1. The number of anilines is 1. The number of hydrogen-bond acceptors (Lipinski definition) is 4. The van der Waals surface area contributed by atoms with E-state index in [4.69, 9.17) is 10.5 Å². The van der Waals surface area contributed by atoms with E-state index in [2.05, 4.69) is 31.1 Å². The highest BCUT2D eigenvalue weighted by Crippen LogP contribution is 2.34. The van der Waals surface area contributed by atoms with Crippen LogP contribution < -0.4 is 10.5 Å². The van der Waals surface area contributed by atoms with Crippen LogP contribution in [0.3, 0.4) is 0 Å². The first-order valence-electron chi connectivity index (χ1n) is 4.21. The van der Waals surface area contributed by atoms with Crippen molar-refractivity contribution >= 4 is 21.7 Å². The number of rotatable bonds is 2. The molecule has 0 saturated heterocycles. The van der Waals surface area contributed by atoms with Crippen molar-refractivity contribution in [2.45, 2.75) is 0 Å². The van der Waals surface area contributed by atoms with Gasteiger partial charge in [0.15, 0.2) is 0 Å². The van der Waals surface area contributed by atoms with Crippen LogP contribution in [0.5, 0.6) is 5.75 Å². The molecule has 0 spiro atoms. The number of nitrogens with zero attached hydrogens (tertiary/aromatic N) is 2. The summed E-state index contributed by atoms with van der Waals surface area (Å²) in [6.07, 6.45) is 3.33. The van der Waals surface area contributed by atoms with Crippen molar-refractivity contribution < 1.29 is 4.74 Å². The molecule has 3 N–H and O–H groups in total. The van der Waals surface area contributed by atoms with Gasteiger partial charge in [-0.25, -0.2) is 0 Å². The normalized spacial score (nSPS) is 10.3. The Labute approximate surface area is 94.8 Å². The van der Waals surface area contributed by atoms with Gasteiger partial charge in [0, 0.05) is 16.7 Å². The average Bonchev–Trinajstić information content (AvgIpc) is 2.64. The highest BCUT2D eigenvalue weighted by atomic mass is 79.9. The lowest BCUT2D eigenvalue weighted by Crippen LogP contribution is -1.90. The van der Waals surface area contributed by atoms with Gasteiger partial charge >= 0.3 is 0 Å². The highest BCUT2D eigenvalue weighted by molar-refractivity contribution is 9.10. The van der Waals surface area contributed by atoms with Gasteiger partial charge in [-0.05, 0) is 15.9 Å². The molecule has 5 nitrogen and oxygen atoms in total. The number of nitrogens with one attached hydrogen (secondary N) is 1. The number of pyridine rings is 1. The zero-order valence-corrected chi connectivity index (χ0v) is 9.58. The van der Waals surface area contributed by atoms with Crippen molar-refractivity contribution in [1.82, 2.24) is 15.2 Å². The Bertz CT molecular complexity index is 483. The maximum absolute atomic E-state index is 5.54. The largest absolute Gasteiger partial charge is 0.494 e. The molecule has 0 aliphatic rings. The molecule has 0 amide bonds. The van der Waals surface area contributed by atoms with Gasteiger partial charge in [-0.1, -0.05) is 0 Å². The first kappa shape index (κ1) is 9.97. The molecule has 0 fully saturated rings. The van der Waals surface area contributed by atoms with Crippen LogP contribution in [-0.4, -0.2) is 22.3 Å². The van der Waals surface area contributed by atoms with Crippen molar-refractivity contribution in [3.05, 3.63) is 22.9 Å². The first-order valence-corrected chi connectivity index (χ1v) is 5.00. The fourth-order valence-corrected chi connectivity index (χ4v) is 1.83. The number of aromatic nitrogens is 3. The summed E-state index contributed by atoms with van der Waals surface area (Å²) in [7, 11) is 1.59. The minimum atomic E-state index is 0.441. The predicted octanol–water partition coefficient (Wildman–Crippen LogP) is 1.82. The Kier molecular flexibility index (Phi) is 2.59. The molecule has 78 valence electrons. The highest BCUT2D eigenvalue weighted by Gasteiger charge is 2.12. The van der Waals surface area contributed by atoms with Crippen LogP contribution in [-0.2, 0) is 0 Å². The molecule has 6 heteroatoms. The van der Waals surface area contributed by atoms with E-state index in [-0.39, 0.29) is 0 Å². The molecular formula is C9H9BrN4O. The topological polar surface area (TPSA) is 76.8 Å². The number of methoxy groups -OCH3 is 1. The van der Waals surface area contributed by atoms with Gasteiger partial charge in [-0.2, -0.15) is 5.10 Å². The number of halogens is 1. The van der Waals surface area contributed by atoms with Gasteiger partial charge in [-0.15, -0.1) is 0 Å². The van der Waals surface area contributed by atoms with Crippen LogP contribution in [0.4, 0.5) is 5.82 Å². The van der Waals surface area contributed by atoms with Gasteiger partial charge in [-0.3, -0.25) is 10.1 Å². The number of aromatic amines is 1. The van der Waals surface area contributed by atoms with Crippen LogP contribution in [0.1, 0.15) is 0 Å². The first-order chi connectivity index (χ1) is 7.22. The Morgan fingerprint density at radius 3 is 2.87 bits per heavy atom. The SMILES string of the molecule is COc1cncc(Br)c1-c1cc(N)n[nH]1. The van der Waals surface area contributed by atoms with Gasteiger partial charge < -0.3 is 10.5 Å². The number of ether oxygens (including phenoxy) is 1. The molecule has 0 saturated carbocycles. The smallest absolute Gasteiger partial charge is 0.147 e. The molecule has 0 aliphatic carbocycles. The van der Waals surface area contributed by atoms with E-state index in [1.807, 2.05) is 0 Å². The third-order valence-electron chi connectivity index (χ3n) is 1.95. The Balaban J connectivity index is 2.60. The fourth-order valence-electron chi connectivity index (χ4n) is 1.30. The van der Waals surface area contributed by atoms with Crippen LogP contribution in [0.2, 0.25) is 0 Å². The van der Waals surface area contributed by atoms with Crippen molar-refractivity contribution in [3.8, 4) is 17.0 Å². The van der Waals surface area contributed by atoms with Crippen LogP contribution in [0.15, 0.2) is 22.9 Å². The third-order valence-corrected chi connectivity index (χ3v) is 2.55. The van der Waals surface area contributed by atoms with E-state index < -0.39 is 0 Å². The zero-order chi connectivity index (χ0) is 10.8. The van der Waals surface area contributed by atoms with Crippen LogP contribution in [0, 0.1) is 0 Å². The summed E-state index contributed by atoms with van der Waals surface area (Å²) < 4.78 is 6.03. The van der Waals surface area contributed by atoms with Gasteiger partial charge in [0.25, 0.3) is 0 Å². The molecule has 2 aromatic rings. The molecule has 0 bridgehead atoms. The second kappa shape index (κ2) is 3.90. The van der Waals surface area contributed by atoms with Crippen molar-refractivity contribution in [1.29, 1.82) is 0 Å². The lowest BCUT2D eigenvalue weighted by molar-refractivity contribution is 0.414. The molecule has 2 aromatic heterocycles. The number of hydrogen-bond donors (Lipinski definition) is 2. The Morgan fingerprint density at radius 1 is 1.47 bits per heavy atom. The second-order valence-electron chi connectivity index (χ2n) is 2.91. The summed E-state index contributed by atoms with van der Waals surface area (Å²) in [4.78, 5) is 4.01. The quantitative estimate of drug-likeness (QED) is 0.871. The molecule has 0 aromatic carbocycles. The Morgan fingerprint density at radius 2 is 2.27 bits per heavy atom. The summed E-state index contributed by atoms with van der Waals surface area (Å²) >= 11 is 3.40. The fraction of sp³-hybridized carbons (Fsp3) is 0.111. The summed E-state index contributed by atoms with van der Waals surface area (Å²) in [6, 6.07) is 1.74. The number of nitrogens with two attached hydrogens (primary N) is 1. The molecule has 0 aliphatic heterocycles. The van der Waals surface area contributed by atoms with Crippen LogP contribution >= 0.6 is 15.9 Å². The van der Waals surface area contributed by atoms with Gasteiger partial charge in [0.05, 0.1) is 24.6 Å². The van der Waals surface area contributed by atoms with E-state index in [0.717, 1.165) is 15.7 Å². The van der Waals surface area contributed by atoms with Crippen molar-refractivity contribution in [3.63, 3.8) is 0 Å². The third kappa shape index (κ3) is 1.80. The van der Waals surface area contributed by atoms with Crippen LogP contribution in [0.25, 0.3) is 11.3 Å². The summed E-state index contributed by atoms with van der Waals surface area (Å²) in [5.41, 5.74) is 7.19. The number of H-pyrrole nitrogens is 1. The molecule has 0 atom stereocenters. The standard InChI is InChI=1S/C9H9BrN4O/c1-15-7-4-12-3-5(10)9(7)6-2-8(11)14-13-6/h2-4H,1H3,(H3,11,13,14). The van der Waals surface area contributed by atoms with Crippen molar-refractivity contribution in [2.75, 3.05) is 12.8 Å². The summed E-state index contributed by atoms with van der Waals surface area (Å²) in [5.74, 6) is 1.10. The van der Waals surface area contributed by atoms with E-state index in [1.54, 1.807) is 25.6 Å². The minimum Gasteiger partial charge on any atom is -0.494 e. The zero-order valence-electron chi connectivity index (χ0n) is 7.99. The molecule has 0 unspecified atom stereocenters. The summed E-state index contributed by atoms with van der Waals surface area (Å²) in [5, 5.41) is 6.69. The van der Waals surface area contributed by atoms with Gasteiger partial charge in [0.2, 0.25) is 0 Å². The molecule has 2 rings (SSSR count). The van der Waals surface area contributed by atoms with E-state index in [0.29, 0.717) is 11.6 Å². The van der Waals surface area contributed by atoms with Gasteiger partial charge in [0.1, 0.15) is 11.6 Å². The maximum atomic E-state index is 5.54. The predicted molar refractivity (Wildman–Crippen MR) is 60.5 cm³/mol. The second-order valence-corrected chi connectivity index (χ2v) is 3.76. The molecule has 0 radical (unpaired) electrons. The van der Waals surface area contributed by atoms with E-state index >= 15 is 0 Å². The average molecular weight is 269 g/mol.